The highest BCUT2D eigenvalue weighted by Crippen LogP contribution is 2.36. The van der Waals surface area contributed by atoms with Crippen LogP contribution >= 0.6 is 11.8 Å². The molecule has 0 unspecified atom stereocenters. The van der Waals surface area contributed by atoms with Gasteiger partial charge in [0, 0.05) is 0 Å². The molecule has 0 aliphatic heterocycles. The predicted molar refractivity (Wildman–Crippen MR) is 107 cm³/mol. The van der Waals surface area contributed by atoms with Gasteiger partial charge in [0.2, 0.25) is 0 Å². The number of nitrogens with one attached hydrogen (secondary N) is 2. The number of ether oxygens (including phenoxy) is 2. The number of rotatable bonds is 6. The fourth-order valence-electron chi connectivity index (χ4n) is 2.88. The maximum absolute atomic E-state index is 13.2. The van der Waals surface area contributed by atoms with Gasteiger partial charge in [0.05, 0.1) is 32.0 Å². The largest absolute Gasteiger partial charge is 0.497 e. The molecule has 0 bridgehead atoms. The first-order chi connectivity index (χ1) is 14.1. The van der Waals surface area contributed by atoms with E-state index in [1.54, 1.807) is 32.7 Å². The molecule has 0 atom stereocenters. The summed E-state index contributed by atoms with van der Waals surface area (Å²) in [6, 6.07) is 11.8. The number of halogens is 1. The van der Waals surface area contributed by atoms with E-state index in [-0.39, 0.29) is 11.3 Å². The first-order valence-corrected chi connectivity index (χ1v) is 9.53. The molecule has 0 radical (unpaired) electrons. The van der Waals surface area contributed by atoms with Crippen LogP contribution in [0.25, 0.3) is 11.2 Å². The van der Waals surface area contributed by atoms with Gasteiger partial charge in [0.1, 0.15) is 22.8 Å². The molecular weight excluding hydrogens is 393 g/mol. The molecule has 7 nitrogen and oxygen atoms in total. The Bertz CT molecular complexity index is 1220. The van der Waals surface area contributed by atoms with Crippen molar-refractivity contribution in [1.29, 1.82) is 5.41 Å². The lowest BCUT2D eigenvalue weighted by molar-refractivity contribution is 0.394. The van der Waals surface area contributed by atoms with Gasteiger partial charge in [-0.15, -0.1) is 0 Å². The number of H-pyrrole nitrogens is 1. The number of aromatic nitrogens is 4. The van der Waals surface area contributed by atoms with E-state index in [1.165, 1.54) is 23.9 Å². The number of benzene rings is 2. The number of hydrogen-bond donors (Lipinski definition) is 2. The molecule has 4 rings (SSSR count). The second-order valence-corrected chi connectivity index (χ2v) is 7.24. The topological polar surface area (TPSA) is 88.8 Å². The van der Waals surface area contributed by atoms with Crippen LogP contribution in [0.2, 0.25) is 0 Å². The number of fused-ring (bicyclic) bond motifs is 1. The highest BCUT2D eigenvalue weighted by atomic mass is 32.2. The van der Waals surface area contributed by atoms with E-state index in [2.05, 4.69) is 15.0 Å². The van der Waals surface area contributed by atoms with Gasteiger partial charge in [-0.25, -0.2) is 14.4 Å². The van der Waals surface area contributed by atoms with Gasteiger partial charge in [0.15, 0.2) is 16.3 Å². The Morgan fingerprint density at radius 2 is 1.93 bits per heavy atom. The quantitative estimate of drug-likeness (QED) is 0.506. The third-order valence-corrected chi connectivity index (χ3v) is 5.27. The minimum absolute atomic E-state index is 0.104. The lowest BCUT2D eigenvalue weighted by atomic mass is 10.2. The van der Waals surface area contributed by atoms with Crippen molar-refractivity contribution in [3.63, 3.8) is 0 Å². The molecule has 2 aromatic heterocycles. The molecule has 0 saturated heterocycles. The van der Waals surface area contributed by atoms with Crippen LogP contribution in [0.4, 0.5) is 4.39 Å². The normalized spacial score (nSPS) is 11.0. The van der Waals surface area contributed by atoms with Crippen LogP contribution in [0.5, 0.6) is 11.5 Å². The Morgan fingerprint density at radius 1 is 1.14 bits per heavy atom. The zero-order chi connectivity index (χ0) is 20.4. The van der Waals surface area contributed by atoms with Gasteiger partial charge in [-0.05, 0) is 47.7 Å². The van der Waals surface area contributed by atoms with Gasteiger partial charge in [-0.1, -0.05) is 12.1 Å². The Hall–Kier alpha value is -3.33. The highest BCUT2D eigenvalue weighted by Gasteiger charge is 2.13. The van der Waals surface area contributed by atoms with Crippen LogP contribution in [-0.2, 0) is 6.54 Å². The minimum Gasteiger partial charge on any atom is -0.497 e. The van der Waals surface area contributed by atoms with Crippen LogP contribution < -0.4 is 15.0 Å². The first-order valence-electron chi connectivity index (χ1n) is 8.71. The highest BCUT2D eigenvalue weighted by molar-refractivity contribution is 7.99. The van der Waals surface area contributed by atoms with Gasteiger partial charge >= 0.3 is 0 Å². The fraction of sp³-hybridized carbons (Fsp3) is 0.150. The fourth-order valence-corrected chi connectivity index (χ4v) is 3.80. The standard InChI is InChI=1S/C20H18FN5O2S/c1-27-14-7-8-15(28-2)16(9-14)29-20-24-17-18(22)23-11-26(19(17)25-20)10-12-3-5-13(21)6-4-12/h3-9,11,22H,10H2,1-2H3,(H,24,25). The summed E-state index contributed by atoms with van der Waals surface area (Å²) in [4.78, 5) is 12.8. The molecule has 0 aliphatic rings. The van der Waals surface area contributed by atoms with Crippen molar-refractivity contribution < 1.29 is 13.9 Å². The zero-order valence-corrected chi connectivity index (χ0v) is 16.6. The minimum atomic E-state index is -0.283. The molecular formula is C20H18FN5O2S. The molecule has 9 heteroatoms. The van der Waals surface area contributed by atoms with E-state index in [0.717, 1.165) is 10.5 Å². The number of methoxy groups -OCH3 is 2. The Balaban J connectivity index is 1.71. The summed E-state index contributed by atoms with van der Waals surface area (Å²) in [5.74, 6) is 1.12. The molecule has 0 saturated carbocycles. The van der Waals surface area contributed by atoms with Crippen molar-refractivity contribution in [2.45, 2.75) is 16.6 Å². The number of aromatic amines is 1. The molecule has 2 heterocycles. The molecule has 29 heavy (non-hydrogen) atoms. The van der Waals surface area contributed by atoms with Gasteiger partial charge < -0.3 is 19.0 Å². The molecule has 0 spiro atoms. The lowest BCUT2D eigenvalue weighted by Gasteiger charge is -2.08. The van der Waals surface area contributed by atoms with Gasteiger partial charge in [-0.3, -0.25) is 5.41 Å². The monoisotopic (exact) mass is 411 g/mol. The summed E-state index contributed by atoms with van der Waals surface area (Å²) in [7, 11) is 3.21. The number of hydrogen-bond acceptors (Lipinski definition) is 6. The molecule has 0 aliphatic carbocycles. The van der Waals surface area contributed by atoms with E-state index in [1.807, 2.05) is 22.8 Å². The average Bonchev–Trinajstić information content (AvgIpc) is 3.16. The van der Waals surface area contributed by atoms with Gasteiger partial charge in [0.25, 0.3) is 0 Å². The molecule has 2 aromatic carbocycles. The van der Waals surface area contributed by atoms with Crippen molar-refractivity contribution in [1.82, 2.24) is 19.5 Å². The van der Waals surface area contributed by atoms with Crippen molar-refractivity contribution in [3.05, 3.63) is 65.7 Å². The van der Waals surface area contributed by atoms with E-state index < -0.39 is 0 Å². The van der Waals surface area contributed by atoms with Crippen LogP contribution in [0, 0.1) is 11.2 Å². The zero-order valence-electron chi connectivity index (χ0n) is 15.8. The van der Waals surface area contributed by atoms with E-state index >= 15 is 0 Å². The Morgan fingerprint density at radius 3 is 2.66 bits per heavy atom. The second kappa shape index (κ2) is 7.96. The third kappa shape index (κ3) is 3.95. The van der Waals surface area contributed by atoms with Crippen LogP contribution in [-0.4, -0.2) is 33.7 Å². The Kier molecular flexibility index (Phi) is 5.22. The van der Waals surface area contributed by atoms with Crippen molar-refractivity contribution in [2.75, 3.05) is 14.2 Å². The lowest BCUT2D eigenvalue weighted by Crippen LogP contribution is -2.13. The number of imidazole rings is 1. The van der Waals surface area contributed by atoms with Crippen LogP contribution in [0.3, 0.4) is 0 Å². The molecule has 2 N–H and O–H groups in total. The van der Waals surface area contributed by atoms with Crippen LogP contribution in [0.1, 0.15) is 5.56 Å². The summed E-state index contributed by atoms with van der Waals surface area (Å²) in [6.45, 7) is 0.460. The summed E-state index contributed by atoms with van der Waals surface area (Å²) in [5, 5.41) is 8.70. The SMILES string of the molecule is COc1ccc(OC)c(Sc2nc3c([nH]2)c(=N)ncn3Cc2ccc(F)cc2)c1. The second-order valence-electron chi connectivity index (χ2n) is 6.21. The third-order valence-electron chi connectivity index (χ3n) is 4.34. The molecule has 0 fully saturated rings. The smallest absolute Gasteiger partial charge is 0.173 e. The van der Waals surface area contributed by atoms with Gasteiger partial charge in [-0.2, -0.15) is 0 Å². The maximum atomic E-state index is 13.2. The first kappa shape index (κ1) is 19.0. The van der Waals surface area contributed by atoms with Crippen molar-refractivity contribution >= 4 is 22.9 Å². The predicted octanol–water partition coefficient (Wildman–Crippen LogP) is 3.59. The van der Waals surface area contributed by atoms with E-state index in [0.29, 0.717) is 34.4 Å². The number of nitrogens with zero attached hydrogens (tertiary/aromatic N) is 3. The molecule has 148 valence electrons. The summed E-state index contributed by atoms with van der Waals surface area (Å²) in [5.41, 5.74) is 2.13. The average molecular weight is 411 g/mol. The maximum Gasteiger partial charge on any atom is 0.173 e. The summed E-state index contributed by atoms with van der Waals surface area (Å²) >= 11 is 1.37. The summed E-state index contributed by atoms with van der Waals surface area (Å²) < 4.78 is 25.7. The van der Waals surface area contributed by atoms with E-state index in [9.17, 15) is 4.39 Å². The Labute approximate surface area is 170 Å². The van der Waals surface area contributed by atoms with Crippen molar-refractivity contribution in [2.24, 2.45) is 0 Å². The molecule has 4 aromatic rings. The molecule has 0 amide bonds. The van der Waals surface area contributed by atoms with Crippen molar-refractivity contribution in [3.8, 4) is 11.5 Å². The summed E-state index contributed by atoms with van der Waals surface area (Å²) in [6.07, 6.45) is 1.56. The van der Waals surface area contributed by atoms with Crippen LogP contribution in [0.15, 0.2) is 58.8 Å². The van der Waals surface area contributed by atoms with E-state index in [4.69, 9.17) is 14.9 Å².